The first-order valence-corrected chi connectivity index (χ1v) is 9.00. The summed E-state index contributed by atoms with van der Waals surface area (Å²) in [5.74, 6) is -0.553. The van der Waals surface area contributed by atoms with E-state index in [1.54, 1.807) is 28.5 Å². The average molecular weight is 379 g/mol. The van der Waals surface area contributed by atoms with E-state index in [4.69, 9.17) is 0 Å². The van der Waals surface area contributed by atoms with Gasteiger partial charge in [-0.3, -0.25) is 4.79 Å². The molecule has 4 rings (SSSR count). The van der Waals surface area contributed by atoms with Crippen LogP contribution in [0.5, 0.6) is 0 Å². The van der Waals surface area contributed by atoms with Gasteiger partial charge in [-0.25, -0.2) is 19.0 Å². The summed E-state index contributed by atoms with van der Waals surface area (Å²) in [6, 6.07) is 13.7. The van der Waals surface area contributed by atoms with Crippen molar-refractivity contribution in [2.24, 2.45) is 0 Å². The summed E-state index contributed by atoms with van der Waals surface area (Å²) in [6.07, 6.45) is 3.10. The lowest BCUT2D eigenvalue weighted by atomic mass is 10.2. The van der Waals surface area contributed by atoms with E-state index < -0.39 is 0 Å². The summed E-state index contributed by atoms with van der Waals surface area (Å²) >= 11 is 1.35. The van der Waals surface area contributed by atoms with Gasteiger partial charge in [-0.2, -0.15) is 5.10 Å². The highest BCUT2D eigenvalue weighted by atomic mass is 32.1. The Hall–Kier alpha value is -3.39. The van der Waals surface area contributed by atoms with Crippen LogP contribution in [0, 0.1) is 5.82 Å². The summed E-state index contributed by atoms with van der Waals surface area (Å²) in [4.78, 5) is 20.6. The van der Waals surface area contributed by atoms with Gasteiger partial charge in [-0.1, -0.05) is 12.1 Å². The van der Waals surface area contributed by atoms with Crippen molar-refractivity contribution in [2.75, 3.05) is 0 Å². The summed E-state index contributed by atoms with van der Waals surface area (Å²) in [5.41, 5.74) is 2.98. The predicted octanol–water partition coefficient (Wildman–Crippen LogP) is 3.46. The number of amides is 1. The number of rotatable bonds is 5. The monoisotopic (exact) mass is 379 g/mol. The van der Waals surface area contributed by atoms with Crippen molar-refractivity contribution in [3.05, 3.63) is 83.6 Å². The van der Waals surface area contributed by atoms with Crippen molar-refractivity contribution < 1.29 is 9.18 Å². The number of benzene rings is 2. The van der Waals surface area contributed by atoms with Gasteiger partial charge < -0.3 is 5.32 Å². The molecule has 27 heavy (non-hydrogen) atoms. The number of thiazole rings is 1. The number of nitrogens with one attached hydrogen (secondary N) is 1. The van der Waals surface area contributed by atoms with Crippen molar-refractivity contribution in [1.82, 2.24) is 25.1 Å². The second kappa shape index (κ2) is 7.46. The minimum atomic E-state index is -0.303. The molecule has 0 saturated heterocycles. The lowest BCUT2D eigenvalue weighted by Gasteiger charge is -2.05. The van der Waals surface area contributed by atoms with Gasteiger partial charge in [0.1, 0.15) is 29.2 Å². The van der Waals surface area contributed by atoms with E-state index in [9.17, 15) is 9.18 Å². The van der Waals surface area contributed by atoms with E-state index in [2.05, 4.69) is 20.4 Å². The molecule has 6 nitrogen and oxygen atoms in total. The van der Waals surface area contributed by atoms with Crippen LogP contribution < -0.4 is 5.32 Å². The second-order valence-electron chi connectivity index (χ2n) is 5.73. The number of halogens is 1. The fraction of sp³-hybridized carbons (Fsp3) is 0.0526. The van der Waals surface area contributed by atoms with Gasteiger partial charge in [-0.15, -0.1) is 11.3 Å². The van der Waals surface area contributed by atoms with Crippen LogP contribution in [0.1, 0.15) is 16.1 Å². The maximum Gasteiger partial charge on any atom is 0.271 e. The van der Waals surface area contributed by atoms with E-state index in [1.165, 1.54) is 29.8 Å². The summed E-state index contributed by atoms with van der Waals surface area (Å²) in [6.45, 7) is 0.389. The van der Waals surface area contributed by atoms with Crippen molar-refractivity contribution in [1.29, 1.82) is 0 Å². The Balaban J connectivity index is 1.39. The fourth-order valence-corrected chi connectivity index (χ4v) is 3.29. The van der Waals surface area contributed by atoms with E-state index in [0.717, 1.165) is 16.8 Å². The molecule has 0 atom stereocenters. The molecular formula is C19H14FN5OS. The van der Waals surface area contributed by atoms with Crippen LogP contribution in [0.3, 0.4) is 0 Å². The smallest absolute Gasteiger partial charge is 0.271 e. The normalized spacial score (nSPS) is 10.7. The molecule has 0 aliphatic rings. The molecule has 0 bridgehead atoms. The highest BCUT2D eigenvalue weighted by molar-refractivity contribution is 7.13. The fourth-order valence-electron chi connectivity index (χ4n) is 2.48. The van der Waals surface area contributed by atoms with Crippen LogP contribution in [0.25, 0.3) is 16.3 Å². The zero-order chi connectivity index (χ0) is 18.6. The molecule has 2 aromatic carbocycles. The number of hydrogen-bond donors (Lipinski definition) is 1. The predicted molar refractivity (Wildman–Crippen MR) is 100 cm³/mol. The highest BCUT2D eigenvalue weighted by Crippen LogP contribution is 2.23. The van der Waals surface area contributed by atoms with Gasteiger partial charge in [0.25, 0.3) is 5.91 Å². The quantitative estimate of drug-likeness (QED) is 0.576. The lowest BCUT2D eigenvalue weighted by molar-refractivity contribution is 0.0946. The summed E-state index contributed by atoms with van der Waals surface area (Å²) < 4.78 is 14.7. The molecule has 2 heterocycles. The van der Waals surface area contributed by atoms with Crippen molar-refractivity contribution in [2.45, 2.75) is 6.54 Å². The van der Waals surface area contributed by atoms with E-state index in [0.29, 0.717) is 17.2 Å². The SMILES string of the molecule is O=C(NCc1ccc(-n2cncn2)cc1)c1csc(-c2ccc(F)cc2)n1. The summed E-state index contributed by atoms with van der Waals surface area (Å²) in [7, 11) is 0. The Kier molecular flexibility index (Phi) is 4.71. The first-order valence-electron chi connectivity index (χ1n) is 8.13. The molecule has 0 saturated carbocycles. The van der Waals surface area contributed by atoms with Gasteiger partial charge in [0.15, 0.2) is 0 Å². The second-order valence-corrected chi connectivity index (χ2v) is 6.59. The molecule has 2 aromatic heterocycles. The molecule has 1 N–H and O–H groups in total. The molecule has 0 aliphatic heterocycles. The first-order chi connectivity index (χ1) is 13.2. The van der Waals surface area contributed by atoms with Crippen molar-refractivity contribution >= 4 is 17.2 Å². The third-order valence-electron chi connectivity index (χ3n) is 3.90. The van der Waals surface area contributed by atoms with E-state index in [1.807, 2.05) is 24.3 Å². The Morgan fingerprint density at radius 2 is 1.89 bits per heavy atom. The standard InChI is InChI=1S/C19H14FN5OS/c20-15-5-3-14(4-6-15)19-24-17(10-27-19)18(26)22-9-13-1-7-16(8-2-13)25-12-21-11-23-25/h1-8,10-12H,9H2,(H,22,26). The van der Waals surface area contributed by atoms with Crippen molar-refractivity contribution in [3.63, 3.8) is 0 Å². The third-order valence-corrected chi connectivity index (χ3v) is 4.79. The van der Waals surface area contributed by atoms with E-state index >= 15 is 0 Å². The summed E-state index contributed by atoms with van der Waals surface area (Å²) in [5, 5.41) is 9.30. The van der Waals surface area contributed by atoms with Crippen molar-refractivity contribution in [3.8, 4) is 16.3 Å². The van der Waals surface area contributed by atoms with Crippen LogP contribution in [0.15, 0.2) is 66.6 Å². The van der Waals surface area contributed by atoms with Gasteiger partial charge >= 0.3 is 0 Å². The van der Waals surface area contributed by atoms with Crippen LogP contribution >= 0.6 is 11.3 Å². The highest BCUT2D eigenvalue weighted by Gasteiger charge is 2.12. The third kappa shape index (κ3) is 3.90. The zero-order valence-corrected chi connectivity index (χ0v) is 14.9. The number of hydrogen-bond acceptors (Lipinski definition) is 5. The van der Waals surface area contributed by atoms with Gasteiger partial charge in [0, 0.05) is 17.5 Å². The van der Waals surface area contributed by atoms with Crippen LogP contribution in [0.2, 0.25) is 0 Å². The number of nitrogens with zero attached hydrogens (tertiary/aromatic N) is 4. The Bertz CT molecular complexity index is 1040. The Morgan fingerprint density at radius 1 is 1.11 bits per heavy atom. The zero-order valence-electron chi connectivity index (χ0n) is 14.0. The lowest BCUT2D eigenvalue weighted by Crippen LogP contribution is -2.23. The Labute approximate surface area is 158 Å². The average Bonchev–Trinajstić information content (AvgIpc) is 3.39. The first kappa shape index (κ1) is 17.0. The molecule has 0 unspecified atom stereocenters. The van der Waals surface area contributed by atoms with E-state index in [-0.39, 0.29) is 11.7 Å². The topological polar surface area (TPSA) is 72.7 Å². The van der Waals surface area contributed by atoms with Gasteiger partial charge in [-0.05, 0) is 42.0 Å². The number of carbonyl (C=O) groups excluding carboxylic acids is 1. The molecule has 4 aromatic rings. The van der Waals surface area contributed by atoms with Crippen LogP contribution in [-0.4, -0.2) is 25.7 Å². The molecule has 1 amide bonds. The molecule has 8 heteroatoms. The largest absolute Gasteiger partial charge is 0.347 e. The minimum absolute atomic E-state index is 0.250. The molecular weight excluding hydrogens is 365 g/mol. The number of carbonyl (C=O) groups is 1. The van der Waals surface area contributed by atoms with Crippen LogP contribution in [0.4, 0.5) is 4.39 Å². The molecule has 0 fully saturated rings. The molecule has 0 aliphatic carbocycles. The van der Waals surface area contributed by atoms with Gasteiger partial charge in [0.05, 0.1) is 5.69 Å². The van der Waals surface area contributed by atoms with Crippen LogP contribution in [-0.2, 0) is 6.54 Å². The molecule has 134 valence electrons. The molecule has 0 radical (unpaired) electrons. The Morgan fingerprint density at radius 3 is 2.59 bits per heavy atom. The molecule has 0 spiro atoms. The maximum atomic E-state index is 13.0. The maximum absolute atomic E-state index is 13.0. The van der Waals surface area contributed by atoms with Gasteiger partial charge in [0.2, 0.25) is 0 Å². The minimum Gasteiger partial charge on any atom is -0.347 e. The number of aromatic nitrogens is 4.